The van der Waals surface area contributed by atoms with Gasteiger partial charge in [0.25, 0.3) is 0 Å². The number of benzene rings is 1. The smallest absolute Gasteiger partial charge is 0.134 e. The molecule has 0 fully saturated rings. The van der Waals surface area contributed by atoms with Crippen LogP contribution in [0, 0.1) is 0 Å². The summed E-state index contributed by atoms with van der Waals surface area (Å²) in [6.07, 6.45) is 3.67. The molecular formula is C16H19BrN2. The van der Waals surface area contributed by atoms with E-state index in [1.165, 1.54) is 10.9 Å². The van der Waals surface area contributed by atoms with E-state index in [2.05, 4.69) is 71.8 Å². The third kappa shape index (κ3) is 2.98. The van der Waals surface area contributed by atoms with Crippen LogP contribution >= 0.6 is 15.9 Å². The van der Waals surface area contributed by atoms with E-state index < -0.39 is 0 Å². The molecule has 0 aliphatic rings. The summed E-state index contributed by atoms with van der Waals surface area (Å²) in [7, 11) is 0. The van der Waals surface area contributed by atoms with Crippen LogP contribution in [0.15, 0.2) is 41.5 Å². The molecule has 0 saturated heterocycles. The molecule has 0 saturated carbocycles. The number of hydrogen-bond acceptors (Lipinski definition) is 2. The highest BCUT2D eigenvalue weighted by molar-refractivity contribution is 9.10. The first-order chi connectivity index (χ1) is 8.93. The molecule has 1 N–H and O–H groups in total. The van der Waals surface area contributed by atoms with Gasteiger partial charge in [0.05, 0.1) is 0 Å². The summed E-state index contributed by atoms with van der Waals surface area (Å²) in [5.41, 5.74) is 1.44. The molecule has 2 rings (SSSR count). The monoisotopic (exact) mass is 318 g/mol. The van der Waals surface area contributed by atoms with E-state index in [1.54, 1.807) is 0 Å². The van der Waals surface area contributed by atoms with E-state index in [9.17, 15) is 0 Å². The van der Waals surface area contributed by atoms with E-state index in [0.717, 1.165) is 15.7 Å². The summed E-state index contributed by atoms with van der Waals surface area (Å²) < 4.78 is 1.02. The van der Waals surface area contributed by atoms with Gasteiger partial charge in [-0.2, -0.15) is 0 Å². The van der Waals surface area contributed by atoms with E-state index in [4.69, 9.17) is 0 Å². The molecule has 1 heterocycles. The van der Waals surface area contributed by atoms with E-state index in [-0.39, 0.29) is 5.41 Å². The lowest BCUT2D eigenvalue weighted by molar-refractivity contribution is 0.591. The lowest BCUT2D eigenvalue weighted by atomic mass is 9.86. The first kappa shape index (κ1) is 14.1. The Bertz CT molecular complexity index is 612. The van der Waals surface area contributed by atoms with Gasteiger partial charge in [0.2, 0.25) is 0 Å². The van der Waals surface area contributed by atoms with Gasteiger partial charge in [-0.15, -0.1) is 6.58 Å². The zero-order valence-corrected chi connectivity index (χ0v) is 13.2. The Morgan fingerprint density at radius 1 is 1.32 bits per heavy atom. The molecule has 0 atom stereocenters. The molecule has 0 aliphatic heterocycles. The summed E-state index contributed by atoms with van der Waals surface area (Å²) in [5.74, 6) is 0.907. The first-order valence-corrected chi connectivity index (χ1v) is 7.16. The number of aromatic nitrogens is 1. The maximum atomic E-state index is 4.46. The topological polar surface area (TPSA) is 24.9 Å². The van der Waals surface area contributed by atoms with Crippen molar-refractivity contribution in [2.75, 3.05) is 11.9 Å². The standard InChI is InChI=1S/C16H19BrN2/c1-5-8-18-15-13-9-11(16(2,3)4)6-7-12(13)14(17)10-19-15/h5-7,9-10H,1,8H2,2-4H3,(H,18,19). The average molecular weight is 319 g/mol. The van der Waals surface area contributed by atoms with Gasteiger partial charge in [-0.3, -0.25) is 0 Å². The molecule has 2 aromatic rings. The van der Waals surface area contributed by atoms with Crippen molar-refractivity contribution in [3.8, 4) is 0 Å². The highest BCUT2D eigenvalue weighted by Gasteiger charge is 2.15. The van der Waals surface area contributed by atoms with E-state index in [1.807, 2.05) is 12.3 Å². The van der Waals surface area contributed by atoms with Crippen LogP contribution in [0.1, 0.15) is 26.3 Å². The predicted molar refractivity (Wildman–Crippen MR) is 86.8 cm³/mol. The molecule has 0 aliphatic carbocycles. The van der Waals surface area contributed by atoms with Crippen molar-refractivity contribution in [3.63, 3.8) is 0 Å². The Labute approximate surface area is 123 Å². The normalized spacial score (nSPS) is 11.6. The minimum Gasteiger partial charge on any atom is -0.366 e. The van der Waals surface area contributed by atoms with Crippen LogP contribution < -0.4 is 5.32 Å². The quantitative estimate of drug-likeness (QED) is 0.815. The number of rotatable bonds is 3. The fourth-order valence-electron chi connectivity index (χ4n) is 1.98. The van der Waals surface area contributed by atoms with Gasteiger partial charge in [0.1, 0.15) is 5.82 Å². The van der Waals surface area contributed by atoms with Crippen molar-refractivity contribution in [1.82, 2.24) is 4.98 Å². The molecule has 3 heteroatoms. The van der Waals surface area contributed by atoms with Gasteiger partial charge in [0, 0.05) is 28.0 Å². The van der Waals surface area contributed by atoms with Crippen LogP contribution in [0.25, 0.3) is 10.8 Å². The second-order valence-corrected chi connectivity index (χ2v) is 6.49. The number of nitrogens with one attached hydrogen (secondary N) is 1. The number of nitrogens with zero attached hydrogens (tertiary/aromatic N) is 1. The van der Waals surface area contributed by atoms with Crippen LogP contribution in [-0.4, -0.2) is 11.5 Å². The van der Waals surface area contributed by atoms with Gasteiger partial charge >= 0.3 is 0 Å². The lowest BCUT2D eigenvalue weighted by Gasteiger charge is -2.20. The van der Waals surface area contributed by atoms with Crippen LogP contribution in [0.2, 0.25) is 0 Å². The van der Waals surface area contributed by atoms with Crippen molar-refractivity contribution in [1.29, 1.82) is 0 Å². The average Bonchev–Trinajstić information content (AvgIpc) is 2.37. The number of pyridine rings is 1. The molecule has 0 bridgehead atoms. The van der Waals surface area contributed by atoms with Crippen molar-refractivity contribution in [2.24, 2.45) is 0 Å². The molecule has 2 nitrogen and oxygen atoms in total. The summed E-state index contributed by atoms with van der Waals surface area (Å²) in [4.78, 5) is 4.46. The van der Waals surface area contributed by atoms with Gasteiger partial charge < -0.3 is 5.32 Å². The van der Waals surface area contributed by atoms with Crippen molar-refractivity contribution >= 4 is 32.5 Å². The van der Waals surface area contributed by atoms with Crippen LogP contribution in [0.3, 0.4) is 0 Å². The third-order valence-electron chi connectivity index (χ3n) is 3.12. The minimum absolute atomic E-state index is 0.131. The zero-order chi connectivity index (χ0) is 14.0. The van der Waals surface area contributed by atoms with Crippen molar-refractivity contribution in [3.05, 3.63) is 47.1 Å². The zero-order valence-electron chi connectivity index (χ0n) is 11.6. The summed E-state index contributed by atoms with van der Waals surface area (Å²) in [6.45, 7) is 11.1. The molecule has 0 spiro atoms. The largest absolute Gasteiger partial charge is 0.366 e. The summed E-state index contributed by atoms with van der Waals surface area (Å²) in [6, 6.07) is 6.56. The maximum Gasteiger partial charge on any atom is 0.134 e. The van der Waals surface area contributed by atoms with Crippen LogP contribution in [0.5, 0.6) is 0 Å². The maximum absolute atomic E-state index is 4.46. The second-order valence-electron chi connectivity index (χ2n) is 5.63. The minimum atomic E-state index is 0.131. The molecule has 1 aromatic carbocycles. The van der Waals surface area contributed by atoms with Crippen molar-refractivity contribution in [2.45, 2.75) is 26.2 Å². The molecule has 0 amide bonds. The van der Waals surface area contributed by atoms with E-state index in [0.29, 0.717) is 6.54 Å². The summed E-state index contributed by atoms with van der Waals surface area (Å²) in [5, 5.41) is 5.61. The number of halogens is 1. The number of fused-ring (bicyclic) bond motifs is 1. The van der Waals surface area contributed by atoms with Crippen LogP contribution in [0.4, 0.5) is 5.82 Å². The Kier molecular flexibility index (Phi) is 3.95. The number of hydrogen-bond donors (Lipinski definition) is 1. The fourth-order valence-corrected chi connectivity index (χ4v) is 2.43. The van der Waals surface area contributed by atoms with Gasteiger partial charge in [-0.05, 0) is 33.0 Å². The Morgan fingerprint density at radius 2 is 2.05 bits per heavy atom. The van der Waals surface area contributed by atoms with Gasteiger partial charge in [0.15, 0.2) is 0 Å². The molecule has 19 heavy (non-hydrogen) atoms. The Hall–Kier alpha value is -1.35. The van der Waals surface area contributed by atoms with Gasteiger partial charge in [-0.25, -0.2) is 4.98 Å². The molecule has 0 radical (unpaired) electrons. The molecular weight excluding hydrogens is 300 g/mol. The lowest BCUT2D eigenvalue weighted by Crippen LogP contribution is -2.11. The molecule has 1 aromatic heterocycles. The third-order valence-corrected chi connectivity index (χ3v) is 3.75. The number of anilines is 1. The van der Waals surface area contributed by atoms with Crippen LogP contribution in [-0.2, 0) is 5.41 Å². The van der Waals surface area contributed by atoms with Gasteiger partial charge in [-0.1, -0.05) is 39.0 Å². The SMILES string of the molecule is C=CCNc1ncc(Br)c2ccc(C(C)(C)C)cc12. The van der Waals surface area contributed by atoms with Crippen molar-refractivity contribution < 1.29 is 0 Å². The fraction of sp³-hybridized carbons (Fsp3) is 0.312. The highest BCUT2D eigenvalue weighted by Crippen LogP contribution is 2.32. The summed E-state index contributed by atoms with van der Waals surface area (Å²) >= 11 is 3.56. The Balaban J connectivity index is 2.63. The molecule has 0 unspecified atom stereocenters. The first-order valence-electron chi connectivity index (χ1n) is 6.37. The highest BCUT2D eigenvalue weighted by atomic mass is 79.9. The Morgan fingerprint density at radius 3 is 2.68 bits per heavy atom. The van der Waals surface area contributed by atoms with E-state index >= 15 is 0 Å². The predicted octanol–water partition coefficient (Wildman–Crippen LogP) is 4.89. The second kappa shape index (κ2) is 5.33. The molecule has 100 valence electrons.